The predicted molar refractivity (Wildman–Crippen MR) is 428 cm³/mol. The maximum Gasteiger partial charge on any atom is 0.0567 e. The first-order chi connectivity index (χ1) is 49.4. The number of hydrogen-bond donors (Lipinski definition) is 0. The van der Waals surface area contributed by atoms with Gasteiger partial charge in [0.15, 0.2) is 0 Å². The van der Waals surface area contributed by atoms with E-state index < -0.39 is 0 Å². The molecule has 0 fully saturated rings. The van der Waals surface area contributed by atoms with Gasteiger partial charge in [-0.25, -0.2) is 0 Å². The first-order valence-corrected chi connectivity index (χ1v) is 34.2. The van der Waals surface area contributed by atoms with E-state index in [1.165, 1.54) is 104 Å². The molecule has 0 unspecified atom stereocenters. The van der Waals surface area contributed by atoms with Crippen molar-refractivity contribution in [2.45, 2.75) is 0 Å². The van der Waals surface area contributed by atoms with Crippen LogP contribution < -0.4 is 19.6 Å². The zero-order valence-corrected chi connectivity index (χ0v) is 55.9. The smallest absolute Gasteiger partial charge is 0.0567 e. The fourth-order valence-electron chi connectivity index (χ4n) is 14.0. The highest BCUT2D eigenvalue weighted by molar-refractivity contribution is 6.12. The third-order valence-corrected chi connectivity index (χ3v) is 19.3. The van der Waals surface area contributed by atoms with Crippen LogP contribution in [0.5, 0.6) is 0 Å². The second kappa shape index (κ2) is 28.0. The summed E-state index contributed by atoms with van der Waals surface area (Å²) in [6, 6.07) is 144. The number of anilines is 10. The second-order valence-electron chi connectivity index (χ2n) is 25.4. The van der Waals surface area contributed by atoms with Crippen molar-refractivity contribution < 1.29 is 0 Å². The highest BCUT2D eigenvalue weighted by atomic mass is 15.2. The summed E-state index contributed by atoms with van der Waals surface area (Å²) in [7, 11) is 4.30. The number of hydrogen-bond acceptors (Lipinski definition) is 4. The molecule has 0 radical (unpaired) electrons. The zero-order chi connectivity index (χ0) is 67.1. The number of benzene rings is 17. The van der Waals surface area contributed by atoms with Crippen LogP contribution in [0.1, 0.15) is 0 Å². The SMILES string of the molecule is CN(c1ccc(-c2ccc(N(c3ccc(-c4ccccc4)cc3)c3cccc4ccccc34)cc2)cc1)c1c2ccccc2cc2ccccc12.CN(c1ccc(-c2ccc(N(c3ccc(-c4ccccc4)cc3)c3cccc4ccccc34)cc2)cc1)c1cccc(-c2ccccc2)c1. The van der Waals surface area contributed by atoms with Crippen molar-refractivity contribution in [1.82, 2.24) is 0 Å². The third kappa shape index (κ3) is 12.7. The van der Waals surface area contributed by atoms with Crippen molar-refractivity contribution in [1.29, 1.82) is 0 Å². The molecule has 0 saturated carbocycles. The quantitative estimate of drug-likeness (QED) is 0.0949. The van der Waals surface area contributed by atoms with Gasteiger partial charge < -0.3 is 19.6 Å². The summed E-state index contributed by atoms with van der Waals surface area (Å²) in [5.74, 6) is 0. The second-order valence-corrected chi connectivity index (χ2v) is 25.4. The number of rotatable bonds is 15. The molecule has 0 amide bonds. The van der Waals surface area contributed by atoms with E-state index in [9.17, 15) is 0 Å². The van der Waals surface area contributed by atoms with E-state index in [1.807, 2.05) is 0 Å². The van der Waals surface area contributed by atoms with Crippen molar-refractivity contribution in [2.75, 3.05) is 33.7 Å². The molecule has 0 bridgehead atoms. The molecule has 0 heterocycles. The van der Waals surface area contributed by atoms with Gasteiger partial charge in [0.2, 0.25) is 0 Å². The summed E-state index contributed by atoms with van der Waals surface area (Å²) < 4.78 is 0. The van der Waals surface area contributed by atoms with E-state index in [2.05, 4.69) is 434 Å². The molecule has 0 aliphatic rings. The van der Waals surface area contributed by atoms with E-state index in [-0.39, 0.29) is 0 Å². The van der Waals surface area contributed by atoms with Crippen molar-refractivity contribution in [3.63, 3.8) is 0 Å². The standard InChI is InChI=1S/C49H36N2.C47H36N2/c1-50(49-46-19-9-6-15-40(46)34-41-16-7-10-20-47(41)49)42-28-22-37(23-29-42)38-26-32-44(33-27-38)51(48-21-11-17-39-14-5-8-18-45(39)48)43-30-24-36(25-31-43)35-12-3-2-4-13-35;1-48(45-19-10-18-41(34-45)36-14-6-3-7-15-36)42-28-22-38(23-29-42)39-26-32-44(33-27-39)49(47-21-11-17-40-16-8-9-20-46(40)47)43-30-24-37(25-31-43)35-12-4-2-5-13-35/h2-34H,1H3;2-34H,1H3. The molecule has 0 spiro atoms. The Bertz CT molecular complexity index is 5580. The lowest BCUT2D eigenvalue weighted by Gasteiger charge is -2.27. The minimum atomic E-state index is 1.11. The Hall–Kier alpha value is -13.0. The van der Waals surface area contributed by atoms with Crippen LogP contribution in [0.15, 0.2) is 400 Å². The van der Waals surface area contributed by atoms with Crippen molar-refractivity contribution in [3.05, 3.63) is 400 Å². The minimum Gasteiger partial charge on any atom is -0.345 e. The molecule has 17 aromatic rings. The Morgan fingerprint density at radius 3 is 0.790 bits per heavy atom. The Balaban J connectivity index is 0.000000156. The molecule has 100 heavy (non-hydrogen) atoms. The summed E-state index contributed by atoms with van der Waals surface area (Å²) in [5.41, 5.74) is 23.5. The average Bonchev–Trinajstić information content (AvgIpc) is 0.779. The summed E-state index contributed by atoms with van der Waals surface area (Å²) in [4.78, 5) is 9.29. The number of fused-ring (bicyclic) bond motifs is 4. The van der Waals surface area contributed by atoms with E-state index in [1.54, 1.807) is 0 Å². The molecule has 17 rings (SSSR count). The van der Waals surface area contributed by atoms with Crippen molar-refractivity contribution in [3.8, 4) is 55.6 Å². The maximum absolute atomic E-state index is 2.37. The molecular weight excluding hydrogens is 1210 g/mol. The molecular formula is C96H72N4. The lowest BCUT2D eigenvalue weighted by molar-refractivity contribution is 1.21. The van der Waals surface area contributed by atoms with E-state index >= 15 is 0 Å². The molecule has 0 aromatic heterocycles. The molecule has 476 valence electrons. The van der Waals surface area contributed by atoms with Crippen LogP contribution in [0.3, 0.4) is 0 Å². The summed E-state index contributed by atoms with van der Waals surface area (Å²) in [5, 5.41) is 9.88. The van der Waals surface area contributed by atoms with Gasteiger partial charge in [0.25, 0.3) is 0 Å². The molecule has 17 aromatic carbocycles. The summed E-state index contributed by atoms with van der Waals surface area (Å²) in [6.45, 7) is 0. The van der Waals surface area contributed by atoms with Crippen LogP contribution >= 0.6 is 0 Å². The van der Waals surface area contributed by atoms with Crippen LogP contribution in [0.25, 0.3) is 98.7 Å². The van der Waals surface area contributed by atoms with Gasteiger partial charge in [0.1, 0.15) is 0 Å². The third-order valence-electron chi connectivity index (χ3n) is 19.3. The topological polar surface area (TPSA) is 13.0 Å². The summed E-state index contributed by atoms with van der Waals surface area (Å²) in [6.07, 6.45) is 0. The van der Waals surface area contributed by atoms with Crippen molar-refractivity contribution in [2.24, 2.45) is 0 Å². The minimum absolute atomic E-state index is 1.11. The van der Waals surface area contributed by atoms with Gasteiger partial charge in [-0.3, -0.25) is 0 Å². The van der Waals surface area contributed by atoms with Gasteiger partial charge >= 0.3 is 0 Å². The molecule has 0 saturated heterocycles. The van der Waals surface area contributed by atoms with Gasteiger partial charge in [0, 0.05) is 75.5 Å². The Kier molecular flexibility index (Phi) is 17.3. The van der Waals surface area contributed by atoms with Gasteiger partial charge in [0.05, 0.1) is 17.1 Å². The van der Waals surface area contributed by atoms with E-state index in [0.29, 0.717) is 0 Å². The normalized spacial score (nSPS) is 11.1. The average molecular weight is 1280 g/mol. The van der Waals surface area contributed by atoms with Crippen molar-refractivity contribution >= 4 is 100.0 Å². The highest BCUT2D eigenvalue weighted by Crippen LogP contribution is 2.44. The monoisotopic (exact) mass is 1280 g/mol. The molecule has 0 atom stereocenters. The maximum atomic E-state index is 2.37. The van der Waals surface area contributed by atoms with Gasteiger partial charge in [-0.05, 0) is 180 Å². The first kappa shape index (κ1) is 61.8. The van der Waals surface area contributed by atoms with Gasteiger partial charge in [-0.2, -0.15) is 0 Å². The number of nitrogens with zero attached hydrogens (tertiary/aromatic N) is 4. The fraction of sp³-hybridized carbons (Fsp3) is 0.0208. The largest absolute Gasteiger partial charge is 0.345 e. The lowest BCUT2D eigenvalue weighted by Crippen LogP contribution is -2.10. The van der Waals surface area contributed by atoms with Crippen LogP contribution in [-0.4, -0.2) is 14.1 Å². The molecule has 0 N–H and O–H groups in total. The van der Waals surface area contributed by atoms with Gasteiger partial charge in [-0.15, -0.1) is 0 Å². The Morgan fingerprint density at radius 2 is 0.420 bits per heavy atom. The Labute approximate surface area is 586 Å². The molecule has 0 aliphatic carbocycles. The van der Waals surface area contributed by atoms with Crippen LogP contribution in [0.4, 0.5) is 56.9 Å². The molecule has 0 aliphatic heterocycles. The van der Waals surface area contributed by atoms with E-state index in [4.69, 9.17) is 0 Å². The van der Waals surface area contributed by atoms with Gasteiger partial charge in [-0.1, -0.05) is 297 Å². The lowest BCUT2D eigenvalue weighted by atomic mass is 9.99. The van der Waals surface area contributed by atoms with Crippen LogP contribution in [0.2, 0.25) is 0 Å². The van der Waals surface area contributed by atoms with Crippen LogP contribution in [0, 0.1) is 0 Å². The molecule has 4 nitrogen and oxygen atoms in total. The predicted octanol–water partition coefficient (Wildman–Crippen LogP) is 26.8. The van der Waals surface area contributed by atoms with Crippen LogP contribution in [-0.2, 0) is 0 Å². The first-order valence-electron chi connectivity index (χ1n) is 34.2. The van der Waals surface area contributed by atoms with E-state index in [0.717, 1.165) is 51.2 Å². The Morgan fingerprint density at radius 1 is 0.160 bits per heavy atom. The molecule has 4 heteroatoms. The summed E-state index contributed by atoms with van der Waals surface area (Å²) >= 11 is 0. The fourth-order valence-corrected chi connectivity index (χ4v) is 14.0. The highest BCUT2D eigenvalue weighted by Gasteiger charge is 2.20. The zero-order valence-electron chi connectivity index (χ0n) is 55.9.